The van der Waals surface area contributed by atoms with Gasteiger partial charge in [-0.25, -0.2) is 4.79 Å². The van der Waals surface area contributed by atoms with Gasteiger partial charge in [0, 0.05) is 50.6 Å². The SMILES string of the molecule is CCOC(=O)N1CCN(C(c2cccc(Cl)c2)c2c(O)cc(C)n(CCOC)c2=O)CC1. The molecule has 0 radical (unpaired) electrons. The minimum Gasteiger partial charge on any atom is -0.507 e. The van der Waals surface area contributed by atoms with Crippen LogP contribution in [0.4, 0.5) is 4.79 Å². The molecule has 1 amide bonds. The first-order valence-corrected chi connectivity index (χ1v) is 11.1. The van der Waals surface area contributed by atoms with Crippen molar-refractivity contribution in [3.05, 3.63) is 62.5 Å². The number of hydrogen-bond donors (Lipinski definition) is 1. The van der Waals surface area contributed by atoms with Crippen LogP contribution in [0.15, 0.2) is 35.1 Å². The second kappa shape index (κ2) is 10.8. The molecule has 1 atom stereocenters. The standard InChI is InChI=1S/C23H30ClN3O5/c1-4-32-23(30)26-10-8-25(9-11-26)21(17-6-5-7-18(24)15-17)20-19(28)14-16(2)27(22(20)29)12-13-31-3/h5-7,14-15,21,28H,4,8-13H2,1-3H3. The second-order valence-corrected chi connectivity index (χ2v) is 8.15. The molecule has 8 nitrogen and oxygen atoms in total. The quantitative estimate of drug-likeness (QED) is 0.679. The first-order valence-electron chi connectivity index (χ1n) is 10.7. The highest BCUT2D eigenvalue weighted by atomic mass is 35.5. The van der Waals surface area contributed by atoms with Crippen molar-refractivity contribution in [2.24, 2.45) is 0 Å². The summed E-state index contributed by atoms with van der Waals surface area (Å²) >= 11 is 6.27. The Bertz CT molecular complexity index is 1000. The fourth-order valence-corrected chi connectivity index (χ4v) is 4.30. The lowest BCUT2D eigenvalue weighted by atomic mass is 9.96. The fraction of sp³-hybridized carbons (Fsp3) is 0.478. The maximum absolute atomic E-state index is 13.5. The zero-order valence-electron chi connectivity index (χ0n) is 18.7. The summed E-state index contributed by atoms with van der Waals surface area (Å²) in [4.78, 5) is 29.4. The van der Waals surface area contributed by atoms with E-state index in [1.165, 1.54) is 0 Å². The van der Waals surface area contributed by atoms with E-state index in [1.54, 1.807) is 42.6 Å². The number of carbonyl (C=O) groups is 1. The van der Waals surface area contributed by atoms with Crippen molar-refractivity contribution in [3.8, 4) is 5.75 Å². The number of nitrogens with zero attached hydrogens (tertiary/aromatic N) is 3. The second-order valence-electron chi connectivity index (χ2n) is 7.71. The molecule has 3 rings (SSSR count). The first kappa shape index (κ1) is 24.1. The van der Waals surface area contributed by atoms with Gasteiger partial charge in [-0.05, 0) is 37.6 Å². The van der Waals surface area contributed by atoms with Gasteiger partial charge in [0.1, 0.15) is 5.75 Å². The molecule has 2 aromatic rings. The van der Waals surface area contributed by atoms with Gasteiger partial charge >= 0.3 is 6.09 Å². The van der Waals surface area contributed by atoms with E-state index in [0.29, 0.717) is 62.2 Å². The van der Waals surface area contributed by atoms with Crippen LogP contribution < -0.4 is 5.56 Å². The Kier molecular flexibility index (Phi) is 8.17. The number of carbonyl (C=O) groups excluding carboxylic acids is 1. The predicted octanol–water partition coefficient (Wildman–Crippen LogP) is 3.03. The number of piperazine rings is 1. The lowest BCUT2D eigenvalue weighted by molar-refractivity contribution is 0.0709. The molecule has 32 heavy (non-hydrogen) atoms. The summed E-state index contributed by atoms with van der Waals surface area (Å²) in [5.41, 5.74) is 1.48. The molecule has 1 aromatic carbocycles. The average Bonchev–Trinajstić information content (AvgIpc) is 2.77. The number of methoxy groups -OCH3 is 1. The molecular weight excluding hydrogens is 434 g/mol. The maximum Gasteiger partial charge on any atom is 0.409 e. The molecule has 1 aliphatic heterocycles. The molecule has 1 unspecified atom stereocenters. The predicted molar refractivity (Wildman–Crippen MR) is 122 cm³/mol. The smallest absolute Gasteiger partial charge is 0.409 e. The third-order valence-electron chi connectivity index (χ3n) is 5.69. The summed E-state index contributed by atoms with van der Waals surface area (Å²) in [6.45, 7) is 6.59. The summed E-state index contributed by atoms with van der Waals surface area (Å²) in [5, 5.41) is 11.4. The van der Waals surface area contributed by atoms with Gasteiger partial charge in [-0.1, -0.05) is 23.7 Å². The van der Waals surface area contributed by atoms with Gasteiger partial charge in [-0.2, -0.15) is 0 Å². The van der Waals surface area contributed by atoms with Crippen LogP contribution in [0.2, 0.25) is 5.02 Å². The number of benzene rings is 1. The highest BCUT2D eigenvalue weighted by Crippen LogP contribution is 2.34. The van der Waals surface area contributed by atoms with E-state index in [-0.39, 0.29) is 17.4 Å². The maximum atomic E-state index is 13.5. The summed E-state index contributed by atoms with van der Waals surface area (Å²) in [6, 6.07) is 8.40. The van der Waals surface area contributed by atoms with Crippen LogP contribution in [0.1, 0.15) is 29.8 Å². The molecule has 1 aliphatic rings. The van der Waals surface area contributed by atoms with Crippen molar-refractivity contribution in [2.75, 3.05) is 46.5 Å². The minimum absolute atomic E-state index is 0.0565. The van der Waals surface area contributed by atoms with Crippen LogP contribution in [-0.4, -0.2) is 72.1 Å². The van der Waals surface area contributed by atoms with E-state index in [2.05, 4.69) is 4.90 Å². The Labute approximate surface area is 192 Å². The zero-order valence-corrected chi connectivity index (χ0v) is 19.5. The van der Waals surface area contributed by atoms with E-state index in [1.807, 2.05) is 18.2 Å². The van der Waals surface area contributed by atoms with E-state index in [9.17, 15) is 14.7 Å². The first-order chi connectivity index (χ1) is 15.4. The number of amides is 1. The van der Waals surface area contributed by atoms with Crippen molar-refractivity contribution < 1.29 is 19.4 Å². The largest absolute Gasteiger partial charge is 0.507 e. The van der Waals surface area contributed by atoms with Gasteiger partial charge in [0.05, 0.1) is 24.8 Å². The van der Waals surface area contributed by atoms with Crippen molar-refractivity contribution in [3.63, 3.8) is 0 Å². The molecule has 1 aromatic heterocycles. The summed E-state index contributed by atoms with van der Waals surface area (Å²) < 4.78 is 11.9. The molecule has 1 fully saturated rings. The molecule has 0 bridgehead atoms. The van der Waals surface area contributed by atoms with Crippen LogP contribution in [0.3, 0.4) is 0 Å². The van der Waals surface area contributed by atoms with Crippen LogP contribution in [0.5, 0.6) is 5.75 Å². The normalized spacial score (nSPS) is 15.6. The lowest BCUT2D eigenvalue weighted by Crippen LogP contribution is -2.50. The van der Waals surface area contributed by atoms with Gasteiger partial charge in [-0.15, -0.1) is 0 Å². The fourth-order valence-electron chi connectivity index (χ4n) is 4.10. The van der Waals surface area contributed by atoms with Crippen LogP contribution in [0.25, 0.3) is 0 Å². The van der Waals surface area contributed by atoms with E-state index >= 15 is 0 Å². The molecule has 0 saturated carbocycles. The van der Waals surface area contributed by atoms with E-state index < -0.39 is 6.04 Å². The number of rotatable bonds is 7. The summed E-state index contributed by atoms with van der Waals surface area (Å²) in [6.07, 6.45) is -0.341. The zero-order chi connectivity index (χ0) is 23.3. The van der Waals surface area contributed by atoms with E-state index in [0.717, 1.165) is 5.56 Å². The number of pyridine rings is 1. The monoisotopic (exact) mass is 463 g/mol. The van der Waals surface area contributed by atoms with Gasteiger partial charge in [0.2, 0.25) is 0 Å². The average molecular weight is 464 g/mol. The number of aromatic nitrogens is 1. The van der Waals surface area contributed by atoms with Gasteiger partial charge in [-0.3, -0.25) is 9.69 Å². The van der Waals surface area contributed by atoms with Crippen molar-refractivity contribution in [1.82, 2.24) is 14.4 Å². The Morgan fingerprint density at radius 1 is 1.22 bits per heavy atom. The number of halogens is 1. The topological polar surface area (TPSA) is 84.2 Å². The molecule has 1 saturated heterocycles. The molecule has 9 heteroatoms. The number of ether oxygens (including phenoxy) is 2. The van der Waals surface area contributed by atoms with Gasteiger partial charge in [0.15, 0.2) is 0 Å². The Morgan fingerprint density at radius 2 is 1.94 bits per heavy atom. The molecular formula is C23H30ClN3O5. The summed E-state index contributed by atoms with van der Waals surface area (Å²) in [5.74, 6) is -0.0565. The number of hydrogen-bond acceptors (Lipinski definition) is 6. The van der Waals surface area contributed by atoms with E-state index in [4.69, 9.17) is 21.1 Å². The highest BCUT2D eigenvalue weighted by molar-refractivity contribution is 6.30. The Balaban J connectivity index is 2.02. The Morgan fingerprint density at radius 3 is 2.56 bits per heavy atom. The molecule has 174 valence electrons. The molecule has 0 spiro atoms. The third kappa shape index (κ3) is 5.26. The molecule has 0 aliphatic carbocycles. The summed E-state index contributed by atoms with van der Waals surface area (Å²) in [7, 11) is 1.58. The lowest BCUT2D eigenvalue weighted by Gasteiger charge is -2.39. The molecule has 1 N–H and O–H groups in total. The van der Waals surface area contributed by atoms with Crippen LogP contribution in [0, 0.1) is 6.92 Å². The number of aromatic hydroxyl groups is 1. The third-order valence-corrected chi connectivity index (χ3v) is 5.92. The highest BCUT2D eigenvalue weighted by Gasteiger charge is 2.32. The molecule has 2 heterocycles. The van der Waals surface area contributed by atoms with Gasteiger partial charge < -0.3 is 24.0 Å². The Hall–Kier alpha value is -2.55. The van der Waals surface area contributed by atoms with Crippen LogP contribution in [-0.2, 0) is 16.0 Å². The minimum atomic E-state index is -0.514. The number of aryl methyl sites for hydroxylation is 1. The van der Waals surface area contributed by atoms with Crippen molar-refractivity contribution in [1.29, 1.82) is 0 Å². The van der Waals surface area contributed by atoms with Gasteiger partial charge in [0.25, 0.3) is 5.56 Å². The van der Waals surface area contributed by atoms with Crippen molar-refractivity contribution >= 4 is 17.7 Å². The van der Waals surface area contributed by atoms with Crippen LogP contribution >= 0.6 is 11.6 Å². The van der Waals surface area contributed by atoms with Crippen molar-refractivity contribution in [2.45, 2.75) is 26.4 Å².